The molecule has 0 bridgehead atoms. The third-order valence-electron chi connectivity index (χ3n) is 7.25. The molecule has 0 radical (unpaired) electrons. The molecule has 1 atom stereocenters. The van der Waals surface area contributed by atoms with Gasteiger partial charge in [0.1, 0.15) is 11.6 Å². The highest BCUT2D eigenvalue weighted by Gasteiger charge is 2.47. The van der Waals surface area contributed by atoms with Crippen LogP contribution in [0.15, 0.2) is 42.5 Å². The van der Waals surface area contributed by atoms with Crippen LogP contribution in [0.5, 0.6) is 5.75 Å². The molecule has 6 nitrogen and oxygen atoms in total. The molecule has 0 aliphatic carbocycles. The van der Waals surface area contributed by atoms with Crippen molar-refractivity contribution >= 4 is 17.3 Å². The molecule has 1 unspecified atom stereocenters. The Hall–Kier alpha value is -2.90. The van der Waals surface area contributed by atoms with E-state index in [1.807, 2.05) is 23.1 Å². The Bertz CT molecular complexity index is 1140. The van der Waals surface area contributed by atoms with Crippen LogP contribution in [0.3, 0.4) is 0 Å². The van der Waals surface area contributed by atoms with Gasteiger partial charge in [0, 0.05) is 59.8 Å². The Balaban J connectivity index is 1.63. The van der Waals surface area contributed by atoms with E-state index < -0.39 is 0 Å². The lowest BCUT2D eigenvalue weighted by Crippen LogP contribution is -2.53. The summed E-state index contributed by atoms with van der Waals surface area (Å²) in [4.78, 5) is 18.9. The molecule has 3 aromatic rings. The van der Waals surface area contributed by atoms with Gasteiger partial charge in [0.25, 0.3) is 0 Å². The number of carbonyl (C=O) groups is 1. The Morgan fingerprint density at radius 2 is 2.03 bits per heavy atom. The number of amides is 1. The number of halogens is 1. The third kappa shape index (κ3) is 3.36. The second-order valence-electron chi connectivity index (χ2n) is 8.94. The van der Waals surface area contributed by atoms with E-state index in [1.165, 1.54) is 11.6 Å². The molecule has 1 fully saturated rings. The number of ether oxygens (including phenoxy) is 1. The van der Waals surface area contributed by atoms with E-state index in [4.69, 9.17) is 4.74 Å². The van der Waals surface area contributed by atoms with Gasteiger partial charge >= 0.3 is 0 Å². The maximum Gasteiger partial charge on any atom is 0.209 e. The first-order valence-corrected chi connectivity index (χ1v) is 11.1. The predicted molar refractivity (Wildman–Crippen MR) is 120 cm³/mol. The molecular formula is C25H28FN3O3. The Kier molecular flexibility index (Phi) is 5.39. The Morgan fingerprint density at radius 1 is 1.25 bits per heavy atom. The van der Waals surface area contributed by atoms with Gasteiger partial charge in [-0.3, -0.25) is 9.69 Å². The van der Waals surface area contributed by atoms with Crippen LogP contribution in [-0.2, 0) is 16.8 Å². The van der Waals surface area contributed by atoms with Crippen molar-refractivity contribution in [2.24, 2.45) is 0 Å². The van der Waals surface area contributed by atoms with Gasteiger partial charge in [-0.1, -0.05) is 18.2 Å². The van der Waals surface area contributed by atoms with E-state index in [0.717, 1.165) is 41.6 Å². The number of hydrogen-bond donors (Lipinski definition) is 2. The fraction of sp³-hybridized carbons (Fsp3) is 0.400. The van der Waals surface area contributed by atoms with E-state index in [-0.39, 0.29) is 23.9 Å². The molecule has 1 saturated heterocycles. The van der Waals surface area contributed by atoms with Crippen LogP contribution in [0, 0.1) is 5.82 Å². The fourth-order valence-electron chi connectivity index (χ4n) is 5.59. The van der Waals surface area contributed by atoms with Gasteiger partial charge in [0.15, 0.2) is 0 Å². The molecule has 1 aromatic heterocycles. The summed E-state index contributed by atoms with van der Waals surface area (Å²) >= 11 is 0. The van der Waals surface area contributed by atoms with Gasteiger partial charge in [-0.05, 0) is 36.6 Å². The van der Waals surface area contributed by atoms with Crippen molar-refractivity contribution in [2.45, 2.75) is 30.8 Å². The molecule has 32 heavy (non-hydrogen) atoms. The minimum absolute atomic E-state index is 0.0675. The number of H-pyrrole nitrogens is 1. The summed E-state index contributed by atoms with van der Waals surface area (Å²) in [5, 5.41) is 11.5. The summed E-state index contributed by atoms with van der Waals surface area (Å²) in [7, 11) is 1.65. The number of aromatic nitrogens is 1. The zero-order valence-electron chi connectivity index (χ0n) is 18.2. The van der Waals surface area contributed by atoms with E-state index in [1.54, 1.807) is 19.2 Å². The van der Waals surface area contributed by atoms with Crippen molar-refractivity contribution in [1.29, 1.82) is 0 Å². The zero-order valence-corrected chi connectivity index (χ0v) is 18.2. The quantitative estimate of drug-likeness (QED) is 0.601. The molecule has 0 saturated carbocycles. The number of nitrogens with zero attached hydrogens (tertiary/aromatic N) is 2. The first-order valence-electron chi connectivity index (χ1n) is 11.1. The maximum absolute atomic E-state index is 14.5. The number of piperidine rings is 1. The summed E-state index contributed by atoms with van der Waals surface area (Å²) < 4.78 is 19.9. The van der Waals surface area contributed by atoms with Crippen LogP contribution >= 0.6 is 0 Å². The van der Waals surface area contributed by atoms with Gasteiger partial charge < -0.3 is 19.7 Å². The number of aliphatic hydroxyl groups excluding tert-OH is 1. The van der Waals surface area contributed by atoms with Gasteiger partial charge in [-0.2, -0.15) is 0 Å². The number of aliphatic hydroxyl groups is 1. The number of fused-ring (bicyclic) bond motifs is 4. The highest BCUT2D eigenvalue weighted by Crippen LogP contribution is 2.49. The molecule has 5 rings (SSSR count). The molecule has 168 valence electrons. The summed E-state index contributed by atoms with van der Waals surface area (Å²) in [5.41, 5.74) is 3.62. The molecule has 3 heterocycles. The van der Waals surface area contributed by atoms with Crippen molar-refractivity contribution in [1.82, 2.24) is 14.8 Å². The highest BCUT2D eigenvalue weighted by atomic mass is 19.1. The van der Waals surface area contributed by atoms with Crippen LogP contribution < -0.4 is 4.74 Å². The van der Waals surface area contributed by atoms with Gasteiger partial charge in [-0.15, -0.1) is 0 Å². The number of aromatic amines is 1. The van der Waals surface area contributed by atoms with Crippen LogP contribution in [0.1, 0.15) is 35.7 Å². The lowest BCUT2D eigenvalue weighted by atomic mass is 9.68. The number of hydrogen-bond acceptors (Lipinski definition) is 4. The van der Waals surface area contributed by atoms with E-state index >= 15 is 0 Å². The molecular weight excluding hydrogens is 409 g/mol. The van der Waals surface area contributed by atoms with E-state index in [9.17, 15) is 14.3 Å². The second-order valence-corrected chi connectivity index (χ2v) is 8.94. The zero-order chi connectivity index (χ0) is 22.3. The Morgan fingerprint density at radius 3 is 2.72 bits per heavy atom. The monoisotopic (exact) mass is 437 g/mol. The second kappa shape index (κ2) is 8.22. The van der Waals surface area contributed by atoms with Gasteiger partial charge in [0.05, 0.1) is 19.8 Å². The van der Waals surface area contributed by atoms with Gasteiger partial charge in [0.2, 0.25) is 6.41 Å². The smallest absolute Gasteiger partial charge is 0.209 e. The summed E-state index contributed by atoms with van der Waals surface area (Å²) in [6, 6.07) is 12.6. The van der Waals surface area contributed by atoms with Crippen LogP contribution in [0.2, 0.25) is 0 Å². The topological polar surface area (TPSA) is 68.8 Å². The van der Waals surface area contributed by atoms with E-state index in [2.05, 4.69) is 16.0 Å². The van der Waals surface area contributed by atoms with Crippen molar-refractivity contribution < 1.29 is 19.0 Å². The molecule has 1 amide bonds. The number of rotatable bonds is 5. The van der Waals surface area contributed by atoms with Crippen molar-refractivity contribution in [3.05, 3.63) is 65.1 Å². The number of methoxy groups -OCH3 is 1. The highest BCUT2D eigenvalue weighted by molar-refractivity contribution is 5.87. The predicted octanol–water partition coefficient (Wildman–Crippen LogP) is 3.35. The first kappa shape index (κ1) is 21.0. The summed E-state index contributed by atoms with van der Waals surface area (Å²) in [6.45, 7) is 2.41. The van der Waals surface area contributed by atoms with Gasteiger partial charge in [-0.25, -0.2) is 4.39 Å². The maximum atomic E-state index is 14.5. The number of likely N-dealkylation sites (tertiary alicyclic amines) is 1. The van der Waals surface area contributed by atoms with Crippen LogP contribution in [-0.4, -0.2) is 59.7 Å². The first-order chi connectivity index (χ1) is 15.6. The number of benzene rings is 2. The average Bonchev–Trinajstić information content (AvgIpc) is 3.20. The summed E-state index contributed by atoms with van der Waals surface area (Å²) in [6.07, 6.45) is 2.57. The molecule has 7 heteroatoms. The standard InChI is InChI=1S/C25H28FN3O3/c1-32-18-6-7-19-21(12-18)27-24-22(14-30)29(13-17-4-2-3-5-20(17)26)15-25(23(19)24)8-10-28(16-31)11-9-25/h2-7,12,16,22,27,30H,8-11,13-15H2,1H3. The average molecular weight is 438 g/mol. The molecule has 2 aromatic carbocycles. The molecule has 2 aliphatic heterocycles. The normalized spacial score (nSPS) is 20.5. The minimum atomic E-state index is -0.266. The largest absolute Gasteiger partial charge is 0.497 e. The molecule has 2 N–H and O–H groups in total. The minimum Gasteiger partial charge on any atom is -0.497 e. The fourth-order valence-corrected chi connectivity index (χ4v) is 5.59. The molecule has 1 spiro atoms. The molecule has 2 aliphatic rings. The number of nitrogens with one attached hydrogen (secondary N) is 1. The van der Waals surface area contributed by atoms with Crippen LogP contribution in [0.4, 0.5) is 4.39 Å². The van der Waals surface area contributed by atoms with Crippen molar-refractivity contribution in [2.75, 3.05) is 33.4 Å². The SMILES string of the molecule is COc1ccc2c3c([nH]c2c1)C(CO)N(Cc1ccccc1F)CC31CCN(C=O)CC1. The lowest BCUT2D eigenvalue weighted by Gasteiger charge is -2.50. The van der Waals surface area contributed by atoms with Crippen molar-refractivity contribution in [3.63, 3.8) is 0 Å². The Labute approximate surface area is 186 Å². The lowest BCUT2D eigenvalue weighted by molar-refractivity contribution is -0.119. The van der Waals surface area contributed by atoms with E-state index in [0.29, 0.717) is 31.7 Å². The van der Waals surface area contributed by atoms with Crippen molar-refractivity contribution in [3.8, 4) is 5.75 Å². The summed E-state index contributed by atoms with van der Waals surface area (Å²) in [5.74, 6) is 0.533. The van der Waals surface area contributed by atoms with Crippen LogP contribution in [0.25, 0.3) is 10.9 Å². The number of carbonyl (C=O) groups excluding carboxylic acids is 1. The third-order valence-corrected chi connectivity index (χ3v) is 7.25.